The molecule has 0 bridgehead atoms. The summed E-state index contributed by atoms with van der Waals surface area (Å²) in [6.45, 7) is 2.80. The second kappa shape index (κ2) is 4.94. The molecular weight excluding hydrogens is 228 g/mol. The predicted octanol–water partition coefficient (Wildman–Crippen LogP) is 3.22. The summed E-state index contributed by atoms with van der Waals surface area (Å²) in [5, 5.41) is 0. The SMILES string of the molecule is C#Cc1ccc(OCCC)c(Br)c1. The summed E-state index contributed by atoms with van der Waals surface area (Å²) in [4.78, 5) is 0. The van der Waals surface area contributed by atoms with Gasteiger partial charge in [0.25, 0.3) is 0 Å². The topological polar surface area (TPSA) is 9.23 Å². The second-order valence-corrected chi connectivity index (χ2v) is 3.49. The van der Waals surface area contributed by atoms with Crippen molar-refractivity contribution in [3.63, 3.8) is 0 Å². The lowest BCUT2D eigenvalue weighted by molar-refractivity contribution is 0.315. The summed E-state index contributed by atoms with van der Waals surface area (Å²) >= 11 is 3.40. The molecule has 1 aromatic carbocycles. The normalized spacial score (nSPS) is 9.31. The van der Waals surface area contributed by atoms with Crippen molar-refractivity contribution < 1.29 is 4.74 Å². The Labute approximate surface area is 87.2 Å². The van der Waals surface area contributed by atoms with Crippen molar-refractivity contribution in [1.82, 2.24) is 0 Å². The van der Waals surface area contributed by atoms with Crippen LogP contribution in [0.2, 0.25) is 0 Å². The van der Waals surface area contributed by atoms with Gasteiger partial charge in [-0.15, -0.1) is 6.42 Å². The summed E-state index contributed by atoms with van der Waals surface area (Å²) in [5.41, 5.74) is 0.857. The molecule has 2 heteroatoms. The number of halogens is 1. The van der Waals surface area contributed by atoms with E-state index < -0.39 is 0 Å². The Morgan fingerprint density at radius 1 is 1.54 bits per heavy atom. The third-order valence-electron chi connectivity index (χ3n) is 1.56. The molecule has 0 aliphatic carbocycles. The van der Waals surface area contributed by atoms with Crippen molar-refractivity contribution in [2.75, 3.05) is 6.61 Å². The number of hydrogen-bond donors (Lipinski definition) is 0. The van der Waals surface area contributed by atoms with Crippen LogP contribution in [0.15, 0.2) is 22.7 Å². The molecule has 0 aromatic heterocycles. The number of terminal acetylenes is 1. The highest BCUT2D eigenvalue weighted by Crippen LogP contribution is 2.25. The largest absolute Gasteiger partial charge is 0.492 e. The Morgan fingerprint density at radius 3 is 2.85 bits per heavy atom. The highest BCUT2D eigenvalue weighted by atomic mass is 79.9. The molecule has 0 amide bonds. The maximum absolute atomic E-state index is 5.47. The first kappa shape index (κ1) is 10.1. The molecule has 0 radical (unpaired) electrons. The number of hydrogen-bond acceptors (Lipinski definition) is 1. The van der Waals surface area contributed by atoms with Gasteiger partial charge in [0.15, 0.2) is 0 Å². The second-order valence-electron chi connectivity index (χ2n) is 2.64. The van der Waals surface area contributed by atoms with Crippen LogP contribution < -0.4 is 4.74 Å². The third kappa shape index (κ3) is 2.78. The minimum absolute atomic E-state index is 0.730. The van der Waals surface area contributed by atoms with Crippen LogP contribution in [0.4, 0.5) is 0 Å². The van der Waals surface area contributed by atoms with Crippen LogP contribution in [-0.2, 0) is 0 Å². The van der Waals surface area contributed by atoms with Crippen molar-refractivity contribution in [2.45, 2.75) is 13.3 Å². The van der Waals surface area contributed by atoms with E-state index in [0.717, 1.165) is 28.8 Å². The van der Waals surface area contributed by atoms with Crippen molar-refractivity contribution >= 4 is 15.9 Å². The average molecular weight is 239 g/mol. The van der Waals surface area contributed by atoms with Gasteiger partial charge in [0.1, 0.15) is 5.75 Å². The molecule has 0 atom stereocenters. The Morgan fingerprint density at radius 2 is 2.31 bits per heavy atom. The van der Waals surface area contributed by atoms with Gasteiger partial charge in [0.05, 0.1) is 11.1 Å². The van der Waals surface area contributed by atoms with Crippen molar-refractivity contribution in [3.8, 4) is 18.1 Å². The van der Waals surface area contributed by atoms with E-state index in [1.807, 2.05) is 18.2 Å². The quantitative estimate of drug-likeness (QED) is 0.736. The van der Waals surface area contributed by atoms with Gasteiger partial charge in [-0.25, -0.2) is 0 Å². The Balaban J connectivity index is 2.81. The molecular formula is C11H11BrO. The summed E-state index contributed by atoms with van der Waals surface area (Å²) in [6.07, 6.45) is 6.26. The summed E-state index contributed by atoms with van der Waals surface area (Å²) < 4.78 is 6.38. The molecule has 68 valence electrons. The highest BCUT2D eigenvalue weighted by Gasteiger charge is 2.00. The van der Waals surface area contributed by atoms with Crippen LogP contribution in [-0.4, -0.2) is 6.61 Å². The van der Waals surface area contributed by atoms with Crippen LogP contribution in [0.1, 0.15) is 18.9 Å². The zero-order valence-corrected chi connectivity index (χ0v) is 9.10. The van der Waals surface area contributed by atoms with E-state index in [1.165, 1.54) is 0 Å². The Bertz CT molecular complexity index is 325. The molecule has 13 heavy (non-hydrogen) atoms. The van der Waals surface area contributed by atoms with Gasteiger partial charge in [-0.3, -0.25) is 0 Å². The molecule has 0 spiro atoms. The van der Waals surface area contributed by atoms with Gasteiger partial charge < -0.3 is 4.74 Å². The van der Waals surface area contributed by atoms with E-state index in [9.17, 15) is 0 Å². The van der Waals surface area contributed by atoms with Gasteiger partial charge in [0, 0.05) is 5.56 Å². The molecule has 0 unspecified atom stereocenters. The molecule has 0 fully saturated rings. The number of benzene rings is 1. The minimum Gasteiger partial charge on any atom is -0.492 e. The molecule has 0 saturated heterocycles. The summed E-state index contributed by atoms with van der Waals surface area (Å²) in [5.74, 6) is 3.41. The Hall–Kier alpha value is -0.940. The zero-order chi connectivity index (χ0) is 9.68. The molecule has 0 heterocycles. The predicted molar refractivity (Wildman–Crippen MR) is 57.9 cm³/mol. The molecule has 0 saturated carbocycles. The van der Waals surface area contributed by atoms with Crippen molar-refractivity contribution in [1.29, 1.82) is 0 Å². The van der Waals surface area contributed by atoms with Gasteiger partial charge in [-0.2, -0.15) is 0 Å². The van der Waals surface area contributed by atoms with Crippen LogP contribution >= 0.6 is 15.9 Å². The number of ether oxygens (including phenoxy) is 1. The monoisotopic (exact) mass is 238 g/mol. The van der Waals surface area contributed by atoms with E-state index in [-0.39, 0.29) is 0 Å². The Kier molecular flexibility index (Phi) is 3.85. The fourth-order valence-electron chi connectivity index (χ4n) is 0.920. The van der Waals surface area contributed by atoms with Gasteiger partial charge in [0.2, 0.25) is 0 Å². The van der Waals surface area contributed by atoms with Gasteiger partial charge in [-0.1, -0.05) is 12.8 Å². The lowest BCUT2D eigenvalue weighted by Gasteiger charge is -2.06. The summed E-state index contributed by atoms with van der Waals surface area (Å²) in [7, 11) is 0. The molecule has 1 nitrogen and oxygen atoms in total. The lowest BCUT2D eigenvalue weighted by atomic mass is 10.2. The first-order valence-corrected chi connectivity index (χ1v) is 4.96. The van der Waals surface area contributed by atoms with E-state index >= 15 is 0 Å². The van der Waals surface area contributed by atoms with Crippen LogP contribution in [0, 0.1) is 12.3 Å². The third-order valence-corrected chi connectivity index (χ3v) is 2.18. The molecule has 0 aliphatic heterocycles. The standard InChI is InChI=1S/C11H11BrO/c1-3-7-13-11-6-5-9(4-2)8-10(11)12/h2,5-6,8H,3,7H2,1H3. The van der Waals surface area contributed by atoms with Gasteiger partial charge >= 0.3 is 0 Å². The first-order chi connectivity index (χ1) is 6.27. The molecule has 0 N–H and O–H groups in total. The van der Waals surface area contributed by atoms with Crippen LogP contribution in [0.25, 0.3) is 0 Å². The maximum Gasteiger partial charge on any atom is 0.133 e. The van der Waals surface area contributed by atoms with E-state index in [1.54, 1.807) is 0 Å². The molecule has 1 aromatic rings. The molecule has 1 rings (SSSR count). The number of rotatable bonds is 3. The van der Waals surface area contributed by atoms with Crippen LogP contribution in [0.3, 0.4) is 0 Å². The minimum atomic E-state index is 0.730. The van der Waals surface area contributed by atoms with E-state index in [0.29, 0.717) is 0 Å². The van der Waals surface area contributed by atoms with Crippen molar-refractivity contribution in [3.05, 3.63) is 28.2 Å². The first-order valence-electron chi connectivity index (χ1n) is 4.17. The lowest BCUT2D eigenvalue weighted by Crippen LogP contribution is -1.95. The fraction of sp³-hybridized carbons (Fsp3) is 0.273. The van der Waals surface area contributed by atoms with E-state index in [2.05, 4.69) is 28.8 Å². The summed E-state index contributed by atoms with van der Waals surface area (Å²) in [6, 6.07) is 5.63. The smallest absolute Gasteiger partial charge is 0.133 e. The van der Waals surface area contributed by atoms with Gasteiger partial charge in [-0.05, 0) is 40.5 Å². The van der Waals surface area contributed by atoms with E-state index in [4.69, 9.17) is 11.2 Å². The van der Waals surface area contributed by atoms with Crippen molar-refractivity contribution in [2.24, 2.45) is 0 Å². The maximum atomic E-state index is 5.47. The zero-order valence-electron chi connectivity index (χ0n) is 7.51. The fourth-order valence-corrected chi connectivity index (χ4v) is 1.41. The average Bonchev–Trinajstić information content (AvgIpc) is 2.16. The van der Waals surface area contributed by atoms with Crippen LogP contribution in [0.5, 0.6) is 5.75 Å². The molecule has 0 aliphatic rings. The highest BCUT2D eigenvalue weighted by molar-refractivity contribution is 9.10.